The molecule has 1 aromatic carbocycles. The molecular weight excluding hydrogens is 288 g/mol. The minimum Gasteiger partial charge on any atom is -0.384 e. The van der Waals surface area contributed by atoms with Gasteiger partial charge >= 0.3 is 0 Å². The lowest BCUT2D eigenvalue weighted by Gasteiger charge is -2.09. The van der Waals surface area contributed by atoms with Gasteiger partial charge in [0, 0.05) is 12.4 Å². The SMILES string of the molecule is Cc1ccc(NC(=O)c2ccncc2C#CCO)c(Cl)c1. The van der Waals surface area contributed by atoms with Crippen molar-refractivity contribution in [3.05, 3.63) is 58.4 Å². The first-order chi connectivity index (χ1) is 10.1. The minimum atomic E-state index is -0.328. The Bertz CT molecular complexity index is 733. The Hall–Kier alpha value is -2.35. The summed E-state index contributed by atoms with van der Waals surface area (Å²) in [4.78, 5) is 16.2. The number of benzene rings is 1. The van der Waals surface area contributed by atoms with Crippen LogP contribution in [-0.4, -0.2) is 22.6 Å². The Labute approximate surface area is 127 Å². The Kier molecular flexibility index (Phi) is 4.94. The largest absolute Gasteiger partial charge is 0.384 e. The van der Waals surface area contributed by atoms with Crippen molar-refractivity contribution in [2.24, 2.45) is 0 Å². The fraction of sp³-hybridized carbons (Fsp3) is 0.125. The molecule has 0 saturated carbocycles. The molecule has 0 aliphatic rings. The van der Waals surface area contributed by atoms with Crippen molar-refractivity contribution in [3.63, 3.8) is 0 Å². The van der Waals surface area contributed by atoms with E-state index in [0.717, 1.165) is 5.56 Å². The second kappa shape index (κ2) is 6.89. The maximum Gasteiger partial charge on any atom is 0.257 e. The van der Waals surface area contributed by atoms with E-state index in [1.807, 2.05) is 13.0 Å². The minimum absolute atomic E-state index is 0.278. The molecule has 1 amide bonds. The van der Waals surface area contributed by atoms with Crippen molar-refractivity contribution < 1.29 is 9.90 Å². The Morgan fingerprint density at radius 3 is 2.95 bits per heavy atom. The monoisotopic (exact) mass is 300 g/mol. The van der Waals surface area contributed by atoms with E-state index in [-0.39, 0.29) is 12.5 Å². The summed E-state index contributed by atoms with van der Waals surface area (Å²) >= 11 is 6.10. The van der Waals surface area contributed by atoms with Gasteiger partial charge in [0.2, 0.25) is 0 Å². The number of halogens is 1. The van der Waals surface area contributed by atoms with Crippen LogP contribution in [0.25, 0.3) is 0 Å². The summed E-state index contributed by atoms with van der Waals surface area (Å²) in [6.45, 7) is 1.64. The van der Waals surface area contributed by atoms with Crippen LogP contribution in [0.4, 0.5) is 5.69 Å². The number of nitrogens with zero attached hydrogens (tertiary/aromatic N) is 1. The molecule has 0 radical (unpaired) electrons. The molecule has 106 valence electrons. The van der Waals surface area contributed by atoms with E-state index in [9.17, 15) is 4.79 Å². The molecule has 4 nitrogen and oxygen atoms in total. The number of rotatable bonds is 2. The first kappa shape index (κ1) is 15.0. The summed E-state index contributed by atoms with van der Waals surface area (Å²) in [7, 11) is 0. The molecule has 0 saturated heterocycles. The van der Waals surface area contributed by atoms with Crippen LogP contribution in [-0.2, 0) is 0 Å². The van der Waals surface area contributed by atoms with Gasteiger partial charge in [0.1, 0.15) is 6.61 Å². The average molecular weight is 301 g/mol. The molecule has 0 aliphatic heterocycles. The Morgan fingerprint density at radius 2 is 2.24 bits per heavy atom. The van der Waals surface area contributed by atoms with Gasteiger partial charge in [-0.05, 0) is 30.7 Å². The number of aliphatic hydroxyl groups excluding tert-OH is 1. The number of aryl methyl sites for hydroxylation is 1. The highest BCUT2D eigenvalue weighted by Crippen LogP contribution is 2.23. The zero-order chi connectivity index (χ0) is 15.2. The number of pyridine rings is 1. The average Bonchev–Trinajstić information content (AvgIpc) is 2.48. The van der Waals surface area contributed by atoms with Crippen molar-refractivity contribution in [1.29, 1.82) is 0 Å². The van der Waals surface area contributed by atoms with E-state index in [2.05, 4.69) is 22.1 Å². The maximum absolute atomic E-state index is 12.3. The van der Waals surface area contributed by atoms with Gasteiger partial charge in [0.05, 0.1) is 21.8 Å². The Balaban J connectivity index is 2.28. The van der Waals surface area contributed by atoms with Crippen LogP contribution < -0.4 is 5.32 Å². The smallest absolute Gasteiger partial charge is 0.257 e. The molecule has 2 N–H and O–H groups in total. The molecule has 0 spiro atoms. The molecule has 21 heavy (non-hydrogen) atoms. The number of carbonyl (C=O) groups excluding carboxylic acids is 1. The summed E-state index contributed by atoms with van der Waals surface area (Å²) in [5, 5.41) is 12.0. The predicted molar refractivity (Wildman–Crippen MR) is 82.3 cm³/mol. The number of carbonyl (C=O) groups is 1. The van der Waals surface area contributed by atoms with Crippen LogP contribution in [0, 0.1) is 18.8 Å². The molecule has 1 heterocycles. The number of anilines is 1. The first-order valence-electron chi connectivity index (χ1n) is 6.23. The second-order valence-electron chi connectivity index (χ2n) is 4.32. The molecular formula is C16H13ClN2O2. The lowest BCUT2D eigenvalue weighted by atomic mass is 10.1. The normalized spacial score (nSPS) is 9.67. The van der Waals surface area contributed by atoms with Crippen molar-refractivity contribution in [1.82, 2.24) is 4.98 Å². The van der Waals surface area contributed by atoms with Gasteiger partial charge in [-0.25, -0.2) is 0 Å². The molecule has 2 aromatic rings. The van der Waals surface area contributed by atoms with Crippen molar-refractivity contribution in [2.75, 3.05) is 11.9 Å². The lowest BCUT2D eigenvalue weighted by Crippen LogP contribution is -2.14. The van der Waals surface area contributed by atoms with Crippen LogP contribution in [0.2, 0.25) is 5.02 Å². The lowest BCUT2D eigenvalue weighted by molar-refractivity contribution is 0.102. The Morgan fingerprint density at radius 1 is 1.43 bits per heavy atom. The summed E-state index contributed by atoms with van der Waals surface area (Å²) < 4.78 is 0. The van der Waals surface area contributed by atoms with Gasteiger partial charge in [-0.3, -0.25) is 9.78 Å². The number of amides is 1. The summed E-state index contributed by atoms with van der Waals surface area (Å²) in [6.07, 6.45) is 2.99. The fourth-order valence-corrected chi connectivity index (χ4v) is 2.02. The molecule has 0 atom stereocenters. The maximum atomic E-state index is 12.3. The molecule has 0 aliphatic carbocycles. The number of hydrogen-bond donors (Lipinski definition) is 2. The highest BCUT2D eigenvalue weighted by atomic mass is 35.5. The van der Waals surface area contributed by atoms with Crippen molar-refractivity contribution in [3.8, 4) is 11.8 Å². The molecule has 2 rings (SSSR count). The third kappa shape index (κ3) is 3.82. The van der Waals surface area contributed by atoms with E-state index in [0.29, 0.717) is 21.8 Å². The highest BCUT2D eigenvalue weighted by molar-refractivity contribution is 6.34. The third-order valence-electron chi connectivity index (χ3n) is 2.74. The molecule has 0 unspecified atom stereocenters. The standard InChI is InChI=1S/C16H13ClN2O2/c1-11-4-5-15(14(17)9-11)19-16(21)13-6-7-18-10-12(13)3-2-8-20/h4-7,9-10,20H,8H2,1H3,(H,19,21). The number of hydrogen-bond acceptors (Lipinski definition) is 3. The van der Waals surface area contributed by atoms with Gasteiger partial charge in [-0.1, -0.05) is 29.5 Å². The van der Waals surface area contributed by atoms with Crippen LogP contribution in [0.15, 0.2) is 36.7 Å². The third-order valence-corrected chi connectivity index (χ3v) is 3.05. The van der Waals surface area contributed by atoms with Gasteiger partial charge < -0.3 is 10.4 Å². The van der Waals surface area contributed by atoms with Crippen molar-refractivity contribution >= 4 is 23.2 Å². The topological polar surface area (TPSA) is 62.2 Å². The van der Waals surface area contributed by atoms with Gasteiger partial charge in [-0.2, -0.15) is 0 Å². The van der Waals surface area contributed by atoms with Crippen LogP contribution in [0.1, 0.15) is 21.5 Å². The van der Waals surface area contributed by atoms with Crippen molar-refractivity contribution in [2.45, 2.75) is 6.92 Å². The van der Waals surface area contributed by atoms with E-state index in [4.69, 9.17) is 16.7 Å². The van der Waals surface area contributed by atoms with Gasteiger partial charge in [0.25, 0.3) is 5.91 Å². The summed E-state index contributed by atoms with van der Waals surface area (Å²) in [6, 6.07) is 6.95. The molecule has 0 fully saturated rings. The first-order valence-corrected chi connectivity index (χ1v) is 6.61. The van der Waals surface area contributed by atoms with Crippen LogP contribution in [0.5, 0.6) is 0 Å². The number of aromatic nitrogens is 1. The van der Waals surface area contributed by atoms with E-state index in [1.165, 1.54) is 12.4 Å². The number of aliphatic hydroxyl groups is 1. The van der Waals surface area contributed by atoms with E-state index in [1.54, 1.807) is 18.2 Å². The number of nitrogens with one attached hydrogen (secondary N) is 1. The highest BCUT2D eigenvalue weighted by Gasteiger charge is 2.12. The zero-order valence-electron chi connectivity index (χ0n) is 11.4. The summed E-state index contributed by atoms with van der Waals surface area (Å²) in [5.41, 5.74) is 2.37. The quantitative estimate of drug-likeness (QED) is 0.838. The second-order valence-corrected chi connectivity index (χ2v) is 4.73. The molecule has 5 heteroatoms. The van der Waals surface area contributed by atoms with E-state index >= 15 is 0 Å². The zero-order valence-corrected chi connectivity index (χ0v) is 12.1. The van der Waals surface area contributed by atoms with Crippen LogP contribution in [0.3, 0.4) is 0 Å². The summed E-state index contributed by atoms with van der Waals surface area (Å²) in [5.74, 6) is 4.87. The van der Waals surface area contributed by atoms with Crippen LogP contribution >= 0.6 is 11.6 Å². The predicted octanol–water partition coefficient (Wildman–Crippen LogP) is 2.64. The molecule has 1 aromatic heterocycles. The fourth-order valence-electron chi connectivity index (χ4n) is 1.74. The van der Waals surface area contributed by atoms with E-state index < -0.39 is 0 Å². The van der Waals surface area contributed by atoms with Gasteiger partial charge in [0.15, 0.2) is 0 Å². The molecule has 0 bridgehead atoms. The van der Waals surface area contributed by atoms with Gasteiger partial charge in [-0.15, -0.1) is 0 Å².